The van der Waals surface area contributed by atoms with Crippen LogP contribution in [0.5, 0.6) is 0 Å². The maximum absolute atomic E-state index is 12.4. The molecule has 0 radical (unpaired) electrons. The molecule has 0 N–H and O–H groups in total. The number of furan rings is 1. The van der Waals surface area contributed by atoms with Crippen LogP contribution in [0, 0.1) is 6.92 Å². The third kappa shape index (κ3) is 3.57. The van der Waals surface area contributed by atoms with E-state index in [2.05, 4.69) is 24.0 Å². The van der Waals surface area contributed by atoms with Gasteiger partial charge in [0.2, 0.25) is 5.91 Å². The van der Waals surface area contributed by atoms with Gasteiger partial charge in [-0.25, -0.2) is 0 Å². The van der Waals surface area contributed by atoms with Gasteiger partial charge in [-0.3, -0.25) is 9.69 Å². The van der Waals surface area contributed by atoms with Crippen molar-refractivity contribution in [1.29, 1.82) is 0 Å². The van der Waals surface area contributed by atoms with Gasteiger partial charge in [-0.15, -0.1) is 0 Å². The van der Waals surface area contributed by atoms with Crippen LogP contribution in [0.3, 0.4) is 0 Å². The Hall–Kier alpha value is -2.07. The van der Waals surface area contributed by atoms with Crippen molar-refractivity contribution < 1.29 is 9.21 Å². The Morgan fingerprint density at radius 1 is 1.09 bits per heavy atom. The second-order valence-corrected chi connectivity index (χ2v) is 5.90. The van der Waals surface area contributed by atoms with Gasteiger partial charge in [0, 0.05) is 44.7 Å². The molecule has 1 aromatic carbocycles. The minimum absolute atomic E-state index is 0.248. The summed E-state index contributed by atoms with van der Waals surface area (Å²) in [5.41, 5.74) is 3.65. The molecule has 1 amide bonds. The van der Waals surface area contributed by atoms with Crippen LogP contribution in [0.2, 0.25) is 0 Å². The molecule has 0 atom stereocenters. The summed E-state index contributed by atoms with van der Waals surface area (Å²) in [6.07, 6.45) is 4.06. The number of aryl methyl sites for hydroxylation is 1. The Kier molecular flexibility index (Phi) is 4.59. The minimum atomic E-state index is 0.248. The molecule has 22 heavy (non-hydrogen) atoms. The predicted molar refractivity (Wildman–Crippen MR) is 85.2 cm³/mol. The van der Waals surface area contributed by atoms with Crippen LogP contribution in [-0.4, -0.2) is 35.3 Å². The zero-order valence-electron chi connectivity index (χ0n) is 13.0. The first-order valence-electron chi connectivity index (χ1n) is 7.78. The number of nitrogens with zero attached hydrogens (tertiary/aromatic N) is 2. The molecule has 0 saturated carbocycles. The fourth-order valence-electron chi connectivity index (χ4n) is 2.87. The van der Waals surface area contributed by atoms with Crippen molar-refractivity contribution in [2.24, 2.45) is 0 Å². The van der Waals surface area contributed by atoms with E-state index in [1.807, 2.05) is 23.1 Å². The van der Waals surface area contributed by atoms with Crippen LogP contribution >= 0.6 is 0 Å². The Morgan fingerprint density at radius 3 is 2.73 bits per heavy atom. The number of hydrogen-bond acceptors (Lipinski definition) is 3. The van der Waals surface area contributed by atoms with Crippen molar-refractivity contribution in [3.05, 3.63) is 59.5 Å². The van der Waals surface area contributed by atoms with Gasteiger partial charge in [0.1, 0.15) is 0 Å². The Balaban J connectivity index is 1.62. The van der Waals surface area contributed by atoms with E-state index in [0.29, 0.717) is 13.0 Å². The van der Waals surface area contributed by atoms with Crippen molar-refractivity contribution in [3.8, 4) is 0 Å². The van der Waals surface area contributed by atoms with Crippen molar-refractivity contribution in [1.82, 2.24) is 9.80 Å². The molecular weight excluding hydrogens is 276 g/mol. The molecule has 2 heterocycles. The average molecular weight is 298 g/mol. The van der Waals surface area contributed by atoms with E-state index in [-0.39, 0.29) is 5.91 Å². The van der Waals surface area contributed by atoms with Crippen LogP contribution in [0.25, 0.3) is 0 Å². The zero-order chi connectivity index (χ0) is 15.4. The minimum Gasteiger partial charge on any atom is -0.472 e. The van der Waals surface area contributed by atoms with Crippen LogP contribution < -0.4 is 0 Å². The highest BCUT2D eigenvalue weighted by molar-refractivity contribution is 5.76. The Bertz CT molecular complexity index is 622. The van der Waals surface area contributed by atoms with E-state index in [1.165, 1.54) is 16.7 Å². The van der Waals surface area contributed by atoms with Crippen molar-refractivity contribution >= 4 is 5.91 Å². The zero-order valence-corrected chi connectivity index (χ0v) is 13.0. The van der Waals surface area contributed by atoms with Gasteiger partial charge in [-0.2, -0.15) is 0 Å². The average Bonchev–Trinajstić information content (AvgIpc) is 2.96. The second-order valence-electron chi connectivity index (χ2n) is 5.90. The monoisotopic (exact) mass is 298 g/mol. The molecule has 0 bridgehead atoms. The van der Waals surface area contributed by atoms with Gasteiger partial charge in [0.25, 0.3) is 0 Å². The number of hydrogen-bond donors (Lipinski definition) is 0. The van der Waals surface area contributed by atoms with Crippen molar-refractivity contribution in [3.63, 3.8) is 0 Å². The third-order valence-corrected chi connectivity index (χ3v) is 4.29. The van der Waals surface area contributed by atoms with E-state index in [1.54, 1.807) is 12.5 Å². The molecule has 0 aliphatic carbocycles. The molecule has 4 nitrogen and oxygen atoms in total. The van der Waals surface area contributed by atoms with Crippen molar-refractivity contribution in [2.45, 2.75) is 26.4 Å². The highest BCUT2D eigenvalue weighted by Crippen LogP contribution is 2.15. The molecule has 1 aliphatic rings. The first kappa shape index (κ1) is 14.9. The number of carbonyl (C=O) groups is 1. The fraction of sp³-hybridized carbons (Fsp3) is 0.389. The van der Waals surface area contributed by atoms with Gasteiger partial charge in [-0.05, 0) is 24.1 Å². The van der Waals surface area contributed by atoms with Gasteiger partial charge in [0.15, 0.2) is 0 Å². The summed E-state index contributed by atoms with van der Waals surface area (Å²) >= 11 is 0. The standard InChI is InChI=1S/C18H22N2O2/c1-15-4-2-3-5-17(15)13-20-10-9-19(8-6-18(20)21)12-16-7-11-22-14-16/h2-5,7,11,14H,6,8-10,12-13H2,1H3. The number of carbonyl (C=O) groups excluding carboxylic acids is 1. The first-order chi connectivity index (χ1) is 10.7. The number of amides is 1. The first-order valence-corrected chi connectivity index (χ1v) is 7.78. The van der Waals surface area contributed by atoms with Crippen LogP contribution in [0.15, 0.2) is 47.3 Å². The number of benzene rings is 1. The summed E-state index contributed by atoms with van der Waals surface area (Å²) in [5, 5.41) is 0. The van der Waals surface area contributed by atoms with Crippen molar-refractivity contribution in [2.75, 3.05) is 19.6 Å². The molecule has 1 aromatic heterocycles. The van der Waals surface area contributed by atoms with Gasteiger partial charge >= 0.3 is 0 Å². The smallest absolute Gasteiger partial charge is 0.224 e. The summed E-state index contributed by atoms with van der Waals surface area (Å²) in [5.74, 6) is 0.248. The summed E-state index contributed by atoms with van der Waals surface area (Å²) in [6, 6.07) is 10.3. The molecule has 4 heteroatoms. The molecule has 2 aromatic rings. The van der Waals surface area contributed by atoms with Gasteiger partial charge in [0.05, 0.1) is 12.5 Å². The Morgan fingerprint density at radius 2 is 1.95 bits per heavy atom. The summed E-state index contributed by atoms with van der Waals surface area (Å²) in [6.45, 7) is 6.16. The molecule has 1 fully saturated rings. The summed E-state index contributed by atoms with van der Waals surface area (Å²) in [7, 11) is 0. The Labute approximate surface area is 131 Å². The van der Waals surface area contributed by atoms with Gasteiger partial charge in [-0.1, -0.05) is 24.3 Å². The molecule has 3 rings (SSSR count). The van der Waals surface area contributed by atoms with Crippen LogP contribution in [0.1, 0.15) is 23.1 Å². The molecule has 0 unspecified atom stereocenters. The lowest BCUT2D eigenvalue weighted by Gasteiger charge is -2.22. The van der Waals surface area contributed by atoms with E-state index < -0.39 is 0 Å². The lowest BCUT2D eigenvalue weighted by molar-refractivity contribution is -0.130. The lowest BCUT2D eigenvalue weighted by Crippen LogP contribution is -2.32. The summed E-state index contributed by atoms with van der Waals surface area (Å²) in [4.78, 5) is 16.7. The molecule has 1 aliphatic heterocycles. The maximum atomic E-state index is 12.4. The number of rotatable bonds is 4. The largest absolute Gasteiger partial charge is 0.472 e. The highest BCUT2D eigenvalue weighted by Gasteiger charge is 2.21. The fourth-order valence-corrected chi connectivity index (χ4v) is 2.87. The molecule has 0 spiro atoms. The van der Waals surface area contributed by atoms with Crippen LogP contribution in [-0.2, 0) is 17.9 Å². The second kappa shape index (κ2) is 6.79. The topological polar surface area (TPSA) is 36.7 Å². The van der Waals surface area contributed by atoms with E-state index >= 15 is 0 Å². The van der Waals surface area contributed by atoms with E-state index in [9.17, 15) is 4.79 Å². The van der Waals surface area contributed by atoms with Gasteiger partial charge < -0.3 is 9.32 Å². The van der Waals surface area contributed by atoms with E-state index in [4.69, 9.17) is 4.42 Å². The lowest BCUT2D eigenvalue weighted by atomic mass is 10.1. The highest BCUT2D eigenvalue weighted by atomic mass is 16.3. The van der Waals surface area contributed by atoms with Crippen LogP contribution in [0.4, 0.5) is 0 Å². The predicted octanol–water partition coefficient (Wildman–Crippen LogP) is 2.82. The normalized spacial score (nSPS) is 16.8. The quantitative estimate of drug-likeness (QED) is 0.871. The SMILES string of the molecule is Cc1ccccc1CN1CCN(Cc2ccoc2)CCC1=O. The van der Waals surface area contributed by atoms with E-state index in [0.717, 1.165) is 26.2 Å². The summed E-state index contributed by atoms with van der Waals surface area (Å²) < 4.78 is 5.12. The molecule has 1 saturated heterocycles. The maximum Gasteiger partial charge on any atom is 0.224 e. The molecular formula is C18H22N2O2. The third-order valence-electron chi connectivity index (χ3n) is 4.29. The molecule has 116 valence electrons.